The van der Waals surface area contributed by atoms with Crippen LogP contribution in [0.3, 0.4) is 0 Å². The molecule has 1 aromatic carbocycles. The van der Waals surface area contributed by atoms with E-state index < -0.39 is 0 Å². The first-order chi connectivity index (χ1) is 10.2. The van der Waals surface area contributed by atoms with E-state index >= 15 is 0 Å². The highest BCUT2D eigenvalue weighted by molar-refractivity contribution is 5.25. The van der Waals surface area contributed by atoms with Crippen molar-refractivity contribution in [3.8, 4) is 0 Å². The van der Waals surface area contributed by atoms with E-state index in [2.05, 4.69) is 49.9 Å². The minimum Gasteiger partial charge on any atom is -0.326 e. The summed E-state index contributed by atoms with van der Waals surface area (Å²) in [5.74, 6) is 0. The number of benzene rings is 1. The highest BCUT2D eigenvalue weighted by Crippen LogP contribution is 2.32. The van der Waals surface area contributed by atoms with Gasteiger partial charge in [-0.1, -0.05) is 62.9 Å². The average Bonchev–Trinajstić information content (AvgIpc) is 2.54. The second-order valence-corrected chi connectivity index (χ2v) is 6.55. The lowest BCUT2D eigenvalue weighted by atomic mass is 9.89. The Balaban J connectivity index is 2.26. The highest BCUT2D eigenvalue weighted by atomic mass is 15.2. The summed E-state index contributed by atoms with van der Waals surface area (Å²) in [6.07, 6.45) is 7.87. The summed E-state index contributed by atoms with van der Waals surface area (Å²) in [6.45, 7) is 7.74. The molecule has 0 aromatic heterocycles. The fraction of sp³-hybridized carbons (Fsp3) is 0.684. The molecule has 2 unspecified atom stereocenters. The lowest BCUT2D eigenvalue weighted by Crippen LogP contribution is -2.46. The van der Waals surface area contributed by atoms with Crippen molar-refractivity contribution >= 4 is 0 Å². The third-order valence-electron chi connectivity index (χ3n) is 5.06. The SMILES string of the molecule is CCC(N)C(c1ccc(C)cc1)N(CC)C1CCCCC1. The van der Waals surface area contributed by atoms with Crippen LogP contribution in [0.4, 0.5) is 0 Å². The minimum absolute atomic E-state index is 0.217. The van der Waals surface area contributed by atoms with Crippen LogP contribution in [0.2, 0.25) is 0 Å². The fourth-order valence-corrected chi connectivity index (χ4v) is 3.77. The van der Waals surface area contributed by atoms with Gasteiger partial charge in [-0.25, -0.2) is 0 Å². The molecular weight excluding hydrogens is 256 g/mol. The predicted molar refractivity (Wildman–Crippen MR) is 91.4 cm³/mol. The van der Waals surface area contributed by atoms with E-state index in [9.17, 15) is 0 Å². The molecule has 1 fully saturated rings. The van der Waals surface area contributed by atoms with E-state index in [-0.39, 0.29) is 6.04 Å². The summed E-state index contributed by atoms with van der Waals surface area (Å²) in [4.78, 5) is 2.68. The van der Waals surface area contributed by atoms with Crippen molar-refractivity contribution in [2.75, 3.05) is 6.54 Å². The van der Waals surface area contributed by atoms with E-state index in [0.717, 1.165) is 13.0 Å². The summed E-state index contributed by atoms with van der Waals surface area (Å²) in [7, 11) is 0. The molecule has 1 saturated carbocycles. The first-order valence-corrected chi connectivity index (χ1v) is 8.75. The van der Waals surface area contributed by atoms with Crippen molar-refractivity contribution < 1.29 is 0 Å². The van der Waals surface area contributed by atoms with Gasteiger partial charge in [-0.2, -0.15) is 0 Å². The Morgan fingerprint density at radius 3 is 2.24 bits per heavy atom. The number of nitrogens with zero attached hydrogens (tertiary/aromatic N) is 1. The topological polar surface area (TPSA) is 29.3 Å². The number of hydrogen-bond donors (Lipinski definition) is 1. The van der Waals surface area contributed by atoms with Crippen LogP contribution in [0, 0.1) is 6.92 Å². The Hall–Kier alpha value is -0.860. The average molecular weight is 288 g/mol. The van der Waals surface area contributed by atoms with E-state index in [0.29, 0.717) is 12.1 Å². The van der Waals surface area contributed by atoms with Gasteiger partial charge in [0.05, 0.1) is 6.04 Å². The predicted octanol–water partition coefficient (Wildman–Crippen LogP) is 4.43. The molecule has 1 aliphatic carbocycles. The molecule has 1 aromatic rings. The smallest absolute Gasteiger partial charge is 0.0501 e. The Kier molecular flexibility index (Phi) is 6.25. The van der Waals surface area contributed by atoms with E-state index in [1.54, 1.807) is 0 Å². The maximum absolute atomic E-state index is 6.53. The summed E-state index contributed by atoms with van der Waals surface area (Å²) in [6, 6.07) is 10.3. The molecule has 0 heterocycles. The lowest BCUT2D eigenvalue weighted by molar-refractivity contribution is 0.0931. The fourth-order valence-electron chi connectivity index (χ4n) is 3.77. The molecule has 2 nitrogen and oxygen atoms in total. The van der Waals surface area contributed by atoms with E-state index in [1.807, 2.05) is 0 Å². The minimum atomic E-state index is 0.217. The van der Waals surface area contributed by atoms with Gasteiger partial charge in [0.15, 0.2) is 0 Å². The quantitative estimate of drug-likeness (QED) is 0.839. The highest BCUT2D eigenvalue weighted by Gasteiger charge is 2.30. The zero-order valence-corrected chi connectivity index (χ0v) is 14.0. The van der Waals surface area contributed by atoms with E-state index in [4.69, 9.17) is 5.73 Å². The molecule has 2 rings (SSSR count). The number of likely N-dealkylation sites (N-methyl/N-ethyl adjacent to an activating group) is 1. The van der Waals surface area contributed by atoms with Gasteiger partial charge in [0.1, 0.15) is 0 Å². The maximum Gasteiger partial charge on any atom is 0.0501 e. The monoisotopic (exact) mass is 288 g/mol. The third kappa shape index (κ3) is 4.08. The molecule has 0 aliphatic heterocycles. The van der Waals surface area contributed by atoms with Gasteiger partial charge < -0.3 is 5.73 Å². The van der Waals surface area contributed by atoms with Crippen molar-refractivity contribution in [2.24, 2.45) is 5.73 Å². The van der Waals surface area contributed by atoms with Crippen LogP contribution in [0.5, 0.6) is 0 Å². The second kappa shape index (κ2) is 7.95. The van der Waals surface area contributed by atoms with Crippen LogP contribution in [0.25, 0.3) is 0 Å². The zero-order chi connectivity index (χ0) is 15.2. The Morgan fingerprint density at radius 2 is 1.71 bits per heavy atom. The summed E-state index contributed by atoms with van der Waals surface area (Å²) in [5.41, 5.74) is 9.24. The second-order valence-electron chi connectivity index (χ2n) is 6.55. The largest absolute Gasteiger partial charge is 0.326 e. The first-order valence-electron chi connectivity index (χ1n) is 8.75. The van der Waals surface area contributed by atoms with Crippen LogP contribution >= 0.6 is 0 Å². The zero-order valence-electron chi connectivity index (χ0n) is 14.0. The standard InChI is InChI=1S/C19H32N2/c1-4-18(20)19(16-13-11-15(3)12-14-16)21(5-2)17-9-7-6-8-10-17/h11-14,17-19H,4-10,20H2,1-3H3. The summed E-state index contributed by atoms with van der Waals surface area (Å²) >= 11 is 0. The van der Waals surface area contributed by atoms with Crippen LogP contribution in [0.15, 0.2) is 24.3 Å². The van der Waals surface area contributed by atoms with Gasteiger partial charge in [0.25, 0.3) is 0 Å². The lowest BCUT2D eigenvalue weighted by Gasteiger charge is -2.42. The maximum atomic E-state index is 6.53. The van der Waals surface area contributed by atoms with Crippen molar-refractivity contribution in [1.29, 1.82) is 0 Å². The Labute approximate surface area is 130 Å². The summed E-state index contributed by atoms with van der Waals surface area (Å²) < 4.78 is 0. The molecule has 1 aliphatic rings. The number of hydrogen-bond acceptors (Lipinski definition) is 2. The number of nitrogens with two attached hydrogens (primary N) is 1. The van der Waals surface area contributed by atoms with Gasteiger partial charge in [-0.15, -0.1) is 0 Å². The van der Waals surface area contributed by atoms with Crippen LogP contribution in [0.1, 0.15) is 69.5 Å². The third-order valence-corrected chi connectivity index (χ3v) is 5.06. The molecule has 2 N–H and O–H groups in total. The van der Waals surface area contributed by atoms with Crippen molar-refractivity contribution in [1.82, 2.24) is 4.90 Å². The normalized spacial score (nSPS) is 19.7. The molecular formula is C19H32N2. The molecule has 0 amide bonds. The number of rotatable bonds is 6. The molecule has 2 heteroatoms. The summed E-state index contributed by atoms with van der Waals surface area (Å²) in [5, 5.41) is 0. The first kappa shape index (κ1) is 16.5. The molecule has 21 heavy (non-hydrogen) atoms. The van der Waals surface area contributed by atoms with Crippen LogP contribution in [-0.4, -0.2) is 23.5 Å². The molecule has 118 valence electrons. The molecule has 0 radical (unpaired) electrons. The molecule has 0 saturated heterocycles. The van der Waals surface area contributed by atoms with Gasteiger partial charge in [-0.3, -0.25) is 4.90 Å². The molecule has 0 bridgehead atoms. The molecule has 2 atom stereocenters. The van der Waals surface area contributed by atoms with Crippen LogP contribution < -0.4 is 5.73 Å². The van der Waals surface area contributed by atoms with Crippen LogP contribution in [-0.2, 0) is 0 Å². The number of aryl methyl sites for hydroxylation is 1. The van der Waals surface area contributed by atoms with Crippen molar-refractivity contribution in [3.63, 3.8) is 0 Å². The van der Waals surface area contributed by atoms with Crippen molar-refractivity contribution in [2.45, 2.75) is 77.4 Å². The Morgan fingerprint density at radius 1 is 1.10 bits per heavy atom. The Bertz CT molecular complexity index is 406. The van der Waals surface area contributed by atoms with Crippen molar-refractivity contribution in [3.05, 3.63) is 35.4 Å². The molecule has 0 spiro atoms. The van der Waals surface area contributed by atoms with E-state index in [1.165, 1.54) is 43.2 Å². The van der Waals surface area contributed by atoms with Gasteiger partial charge in [0, 0.05) is 12.1 Å². The van der Waals surface area contributed by atoms with Gasteiger partial charge in [0.2, 0.25) is 0 Å². The van der Waals surface area contributed by atoms with Gasteiger partial charge in [-0.05, 0) is 38.3 Å². The van der Waals surface area contributed by atoms with Gasteiger partial charge >= 0.3 is 0 Å².